The molecule has 4 N–H and O–H groups in total. The number of hydrogen-bond donors (Lipinski definition) is 4. The predicted molar refractivity (Wildman–Crippen MR) is 249 cm³/mol. The highest BCUT2D eigenvalue weighted by Crippen LogP contribution is 2.55. The number of methoxy groups -OCH3 is 1. The van der Waals surface area contributed by atoms with Crippen molar-refractivity contribution >= 4 is 17.9 Å². The van der Waals surface area contributed by atoms with Gasteiger partial charge >= 0.3 is 6.09 Å². The molecule has 0 spiro atoms. The van der Waals surface area contributed by atoms with E-state index in [1.165, 1.54) is 141 Å². The van der Waals surface area contributed by atoms with Gasteiger partial charge < -0.3 is 30.5 Å². The molecule has 354 valence electrons. The third-order valence-corrected chi connectivity index (χ3v) is 15.1. The SMILES string of the molecule is CCCCCC1CC1CC1CC1CCCCCCCC(=O)NCC(CNC(=O)CCCCCCCC1CC1CC1CC1CCCCC)OC(=O)NCCCCC(CO)COC. The Morgan fingerprint density at radius 3 is 1.39 bits per heavy atom. The fourth-order valence-corrected chi connectivity index (χ4v) is 10.5. The standard InChI is InChI=1S/C52H95N3O6/c1-4-6-14-23-41-30-45(41)34-47-32-43(47)25-16-10-8-12-18-27-50(57)54-36-49(61-52(59)53-29-21-20-22-40(38-56)39-60-3)37-55-51(58)28-19-13-9-11-17-26-44-33-48(44)35-46-31-42(46)24-15-7-5-2/h40-49,56H,4-39H2,1-3H3,(H,53,59)(H,54,57)(H,55,58). The highest BCUT2D eigenvalue weighted by atomic mass is 16.6. The van der Waals surface area contributed by atoms with Crippen LogP contribution < -0.4 is 16.0 Å². The lowest BCUT2D eigenvalue weighted by Gasteiger charge is -2.20. The van der Waals surface area contributed by atoms with Gasteiger partial charge in [0.1, 0.15) is 6.10 Å². The molecule has 0 bridgehead atoms. The number of nitrogens with one attached hydrogen (secondary N) is 3. The number of unbranched alkanes of at least 4 members (excludes halogenated alkanes) is 13. The first-order valence-electron chi connectivity index (χ1n) is 26.4. The first kappa shape index (κ1) is 51.8. The molecular formula is C52H95N3O6. The minimum Gasteiger partial charge on any atom is -0.442 e. The molecular weight excluding hydrogens is 763 g/mol. The monoisotopic (exact) mass is 858 g/mol. The van der Waals surface area contributed by atoms with Crippen LogP contribution in [0.25, 0.3) is 0 Å². The average Bonchev–Trinajstić information content (AvgIpc) is 4.08. The second-order valence-corrected chi connectivity index (χ2v) is 20.7. The second kappa shape index (κ2) is 31.1. The Kier molecular flexibility index (Phi) is 26.4. The van der Waals surface area contributed by atoms with E-state index in [-0.39, 0.29) is 37.4 Å². The molecule has 0 heterocycles. The van der Waals surface area contributed by atoms with E-state index in [1.807, 2.05) is 0 Å². The van der Waals surface area contributed by atoms with E-state index in [9.17, 15) is 19.5 Å². The molecule has 0 aliphatic heterocycles. The number of ether oxygens (including phenoxy) is 2. The quantitative estimate of drug-likeness (QED) is 0.0454. The Balaban J connectivity index is 1.01. The van der Waals surface area contributed by atoms with Gasteiger partial charge in [0.15, 0.2) is 0 Å². The third kappa shape index (κ3) is 24.1. The number of amides is 3. The van der Waals surface area contributed by atoms with Crippen molar-refractivity contribution in [3.63, 3.8) is 0 Å². The van der Waals surface area contributed by atoms with E-state index in [2.05, 4.69) is 29.8 Å². The Hall–Kier alpha value is -1.87. The number of carbonyl (C=O) groups excluding carboxylic acids is 3. The maximum atomic E-state index is 12.8. The van der Waals surface area contributed by atoms with Gasteiger partial charge in [-0.15, -0.1) is 0 Å². The summed E-state index contributed by atoms with van der Waals surface area (Å²) in [7, 11) is 1.63. The van der Waals surface area contributed by atoms with Crippen LogP contribution in [0.1, 0.15) is 213 Å². The first-order chi connectivity index (χ1) is 29.8. The van der Waals surface area contributed by atoms with Crippen LogP contribution in [0.5, 0.6) is 0 Å². The average molecular weight is 858 g/mol. The van der Waals surface area contributed by atoms with Gasteiger partial charge in [-0.2, -0.15) is 0 Å². The number of rotatable bonds is 41. The summed E-state index contributed by atoms with van der Waals surface area (Å²) in [6, 6.07) is 0. The lowest BCUT2D eigenvalue weighted by Crippen LogP contribution is -2.44. The number of hydrogen-bond acceptors (Lipinski definition) is 6. The van der Waals surface area contributed by atoms with E-state index >= 15 is 0 Å². The second-order valence-electron chi connectivity index (χ2n) is 20.7. The number of aliphatic hydroxyl groups excluding tert-OH is 1. The van der Waals surface area contributed by atoms with Gasteiger partial charge in [0.2, 0.25) is 11.8 Å². The Morgan fingerprint density at radius 1 is 0.541 bits per heavy atom. The predicted octanol–water partition coefficient (Wildman–Crippen LogP) is 11.7. The summed E-state index contributed by atoms with van der Waals surface area (Å²) in [6.45, 7) is 6.01. The van der Waals surface area contributed by atoms with Crippen molar-refractivity contribution in [3.8, 4) is 0 Å². The van der Waals surface area contributed by atoms with Gasteiger partial charge in [0.25, 0.3) is 0 Å². The largest absolute Gasteiger partial charge is 0.442 e. The van der Waals surface area contributed by atoms with Gasteiger partial charge in [0.05, 0.1) is 19.7 Å². The molecule has 9 atom stereocenters. The van der Waals surface area contributed by atoms with Crippen LogP contribution in [0.4, 0.5) is 4.79 Å². The molecule has 4 fully saturated rings. The van der Waals surface area contributed by atoms with Gasteiger partial charge in [-0.1, -0.05) is 136 Å². The molecule has 0 aromatic carbocycles. The van der Waals surface area contributed by atoms with E-state index in [0.717, 1.165) is 92.3 Å². The Labute approximate surface area is 373 Å². The normalized spacial score (nSPS) is 25.7. The van der Waals surface area contributed by atoms with Gasteiger partial charge in [-0.3, -0.25) is 9.59 Å². The smallest absolute Gasteiger partial charge is 0.407 e. The van der Waals surface area contributed by atoms with Crippen molar-refractivity contribution in [2.45, 2.75) is 219 Å². The lowest BCUT2D eigenvalue weighted by atomic mass is 10.0. The summed E-state index contributed by atoms with van der Waals surface area (Å²) in [5, 5.41) is 18.2. The Morgan fingerprint density at radius 2 is 0.967 bits per heavy atom. The highest BCUT2D eigenvalue weighted by molar-refractivity contribution is 5.76. The molecule has 0 saturated heterocycles. The van der Waals surface area contributed by atoms with Gasteiger partial charge in [-0.25, -0.2) is 4.79 Å². The van der Waals surface area contributed by atoms with Crippen LogP contribution in [-0.2, 0) is 19.1 Å². The molecule has 9 nitrogen and oxygen atoms in total. The fourth-order valence-electron chi connectivity index (χ4n) is 10.5. The topological polar surface area (TPSA) is 126 Å². The van der Waals surface area contributed by atoms with Crippen molar-refractivity contribution in [3.05, 3.63) is 0 Å². The van der Waals surface area contributed by atoms with Crippen LogP contribution in [-0.4, -0.2) is 69.1 Å². The zero-order valence-electron chi connectivity index (χ0n) is 39.7. The first-order valence-corrected chi connectivity index (χ1v) is 26.4. The van der Waals surface area contributed by atoms with Gasteiger partial charge in [0, 0.05) is 39.0 Å². The van der Waals surface area contributed by atoms with Gasteiger partial charge in [-0.05, 0) is 112 Å². The van der Waals surface area contributed by atoms with Crippen molar-refractivity contribution in [2.24, 2.45) is 53.3 Å². The van der Waals surface area contributed by atoms with Crippen LogP contribution in [0, 0.1) is 53.3 Å². The third-order valence-electron chi connectivity index (χ3n) is 15.1. The van der Waals surface area contributed by atoms with Crippen molar-refractivity contribution in [1.29, 1.82) is 0 Å². The summed E-state index contributed by atoms with van der Waals surface area (Å²) < 4.78 is 10.9. The maximum Gasteiger partial charge on any atom is 0.407 e. The van der Waals surface area contributed by atoms with E-state index in [4.69, 9.17) is 9.47 Å². The minimum atomic E-state index is -0.649. The molecule has 4 saturated carbocycles. The van der Waals surface area contributed by atoms with E-state index in [1.54, 1.807) is 7.11 Å². The summed E-state index contributed by atoms with van der Waals surface area (Å²) >= 11 is 0. The summed E-state index contributed by atoms with van der Waals surface area (Å²) in [5.41, 5.74) is 0. The minimum absolute atomic E-state index is 0.0321. The number of alkyl carbamates (subject to hydrolysis) is 1. The molecule has 0 radical (unpaired) electrons. The van der Waals surface area contributed by atoms with Crippen molar-refractivity contribution in [2.75, 3.05) is 40.0 Å². The Bertz CT molecular complexity index is 1120. The number of carbonyl (C=O) groups is 3. The lowest BCUT2D eigenvalue weighted by molar-refractivity contribution is -0.121. The van der Waals surface area contributed by atoms with Crippen LogP contribution >= 0.6 is 0 Å². The highest BCUT2D eigenvalue weighted by Gasteiger charge is 2.45. The zero-order chi connectivity index (χ0) is 43.5. The molecule has 61 heavy (non-hydrogen) atoms. The molecule has 0 aromatic rings. The molecule has 0 aromatic heterocycles. The van der Waals surface area contributed by atoms with E-state index < -0.39 is 12.2 Å². The van der Waals surface area contributed by atoms with E-state index in [0.29, 0.717) is 26.0 Å². The molecule has 3 amide bonds. The van der Waals surface area contributed by atoms with Crippen LogP contribution in [0.15, 0.2) is 0 Å². The van der Waals surface area contributed by atoms with Crippen LogP contribution in [0.3, 0.4) is 0 Å². The van der Waals surface area contributed by atoms with Crippen LogP contribution in [0.2, 0.25) is 0 Å². The molecule has 4 aliphatic carbocycles. The molecule has 9 unspecified atom stereocenters. The summed E-state index contributed by atoms with van der Waals surface area (Å²) in [5.74, 6) is 8.25. The maximum absolute atomic E-state index is 12.8. The molecule has 4 aliphatic rings. The molecule has 9 heteroatoms. The summed E-state index contributed by atoms with van der Waals surface area (Å²) in [6.07, 6.45) is 36.6. The zero-order valence-corrected chi connectivity index (χ0v) is 39.7. The molecule has 4 rings (SSSR count). The summed E-state index contributed by atoms with van der Waals surface area (Å²) in [4.78, 5) is 38.3. The van der Waals surface area contributed by atoms with Crippen molar-refractivity contribution in [1.82, 2.24) is 16.0 Å². The van der Waals surface area contributed by atoms with Crippen molar-refractivity contribution < 1.29 is 29.0 Å². The fraction of sp³-hybridized carbons (Fsp3) is 0.942. The number of aliphatic hydroxyl groups is 1.